The second kappa shape index (κ2) is 11.9. The van der Waals surface area contributed by atoms with Gasteiger partial charge >= 0.3 is 0 Å². The van der Waals surface area contributed by atoms with Crippen LogP contribution in [0.3, 0.4) is 0 Å². The molecule has 0 bridgehead atoms. The molecule has 0 aliphatic carbocycles. The van der Waals surface area contributed by atoms with Crippen molar-refractivity contribution in [2.24, 2.45) is 0 Å². The maximum absolute atomic E-state index is 13.7. The highest BCUT2D eigenvalue weighted by molar-refractivity contribution is 6.30. The molecule has 2 unspecified atom stereocenters. The van der Waals surface area contributed by atoms with Crippen LogP contribution < -0.4 is 10.6 Å². The Balaban J connectivity index is 1.28. The Bertz CT molecular complexity index is 1210. The van der Waals surface area contributed by atoms with Crippen molar-refractivity contribution in [2.45, 2.75) is 31.5 Å². The number of nitrogens with one attached hydrogen (secondary N) is 2. The zero-order valence-electron chi connectivity index (χ0n) is 20.8. The minimum absolute atomic E-state index is 0.0510. The first-order chi connectivity index (χ1) is 18.1. The molecule has 7 nitrogen and oxygen atoms in total. The number of aromatic nitrogens is 1. The second-order valence-corrected chi connectivity index (χ2v) is 10.1. The van der Waals surface area contributed by atoms with Crippen LogP contribution in [0.4, 0.5) is 0 Å². The van der Waals surface area contributed by atoms with Crippen molar-refractivity contribution < 1.29 is 9.59 Å². The van der Waals surface area contributed by atoms with Gasteiger partial charge in [-0.05, 0) is 47.4 Å². The fourth-order valence-electron chi connectivity index (χ4n) is 5.12. The predicted molar refractivity (Wildman–Crippen MR) is 144 cm³/mol. The average molecular weight is 518 g/mol. The zero-order valence-corrected chi connectivity index (χ0v) is 21.5. The highest BCUT2D eigenvalue weighted by Gasteiger charge is 2.32. The van der Waals surface area contributed by atoms with E-state index in [1.54, 1.807) is 6.20 Å². The number of nitrogens with zero attached hydrogens (tertiary/aromatic N) is 3. The van der Waals surface area contributed by atoms with E-state index < -0.39 is 12.1 Å². The molecule has 0 saturated carbocycles. The number of carbonyl (C=O) groups excluding carboxylic acids is 2. The maximum atomic E-state index is 13.7. The van der Waals surface area contributed by atoms with Gasteiger partial charge in [-0.3, -0.25) is 19.5 Å². The van der Waals surface area contributed by atoms with Crippen LogP contribution in [0.1, 0.15) is 28.4 Å². The molecule has 0 radical (unpaired) electrons. The van der Waals surface area contributed by atoms with Crippen LogP contribution in [0.2, 0.25) is 5.02 Å². The zero-order chi connectivity index (χ0) is 25.6. The highest BCUT2D eigenvalue weighted by atomic mass is 35.5. The number of halogens is 1. The Morgan fingerprint density at radius 3 is 2.51 bits per heavy atom. The number of carbonyl (C=O) groups is 2. The number of piperazine rings is 1. The van der Waals surface area contributed by atoms with Crippen molar-refractivity contribution in [1.82, 2.24) is 25.4 Å². The molecule has 2 N–H and O–H groups in total. The summed E-state index contributed by atoms with van der Waals surface area (Å²) in [5.41, 5.74) is 4.13. The Morgan fingerprint density at radius 1 is 1.00 bits per heavy atom. The van der Waals surface area contributed by atoms with E-state index in [1.807, 2.05) is 65.6 Å². The van der Waals surface area contributed by atoms with E-state index in [0.717, 1.165) is 49.4 Å². The molecule has 8 heteroatoms. The van der Waals surface area contributed by atoms with Crippen LogP contribution in [-0.2, 0) is 29.0 Å². The third-order valence-corrected chi connectivity index (χ3v) is 7.39. The van der Waals surface area contributed by atoms with Gasteiger partial charge in [-0.2, -0.15) is 0 Å². The van der Waals surface area contributed by atoms with Crippen molar-refractivity contribution >= 4 is 23.4 Å². The fourth-order valence-corrected chi connectivity index (χ4v) is 5.24. The summed E-state index contributed by atoms with van der Waals surface area (Å²) in [6.07, 6.45) is 3.10. The molecule has 2 amide bonds. The van der Waals surface area contributed by atoms with Gasteiger partial charge in [0, 0.05) is 56.9 Å². The lowest BCUT2D eigenvalue weighted by Crippen LogP contribution is -2.56. The topological polar surface area (TPSA) is 77.6 Å². The highest BCUT2D eigenvalue weighted by Crippen LogP contribution is 2.23. The van der Waals surface area contributed by atoms with E-state index in [1.165, 1.54) is 5.56 Å². The van der Waals surface area contributed by atoms with Crippen molar-refractivity contribution in [2.75, 3.05) is 32.7 Å². The molecule has 0 spiro atoms. The van der Waals surface area contributed by atoms with Crippen molar-refractivity contribution in [3.63, 3.8) is 0 Å². The number of hydrogen-bond acceptors (Lipinski definition) is 5. The summed E-state index contributed by atoms with van der Waals surface area (Å²) >= 11 is 6.08. The van der Waals surface area contributed by atoms with Crippen LogP contribution in [0.25, 0.3) is 0 Å². The van der Waals surface area contributed by atoms with Crippen molar-refractivity contribution in [3.05, 3.63) is 100 Å². The summed E-state index contributed by atoms with van der Waals surface area (Å²) in [7, 11) is 0. The molecule has 2 aliphatic heterocycles. The lowest BCUT2D eigenvalue weighted by atomic mass is 9.93. The number of pyridine rings is 1. The fraction of sp³-hybridized carbons (Fsp3) is 0.345. The number of benzene rings is 2. The molecular weight excluding hydrogens is 486 g/mol. The van der Waals surface area contributed by atoms with Crippen LogP contribution in [0.5, 0.6) is 0 Å². The molecule has 3 aromatic rings. The molecule has 37 heavy (non-hydrogen) atoms. The van der Waals surface area contributed by atoms with Crippen LogP contribution in [-0.4, -0.2) is 65.4 Å². The number of hydrogen-bond donors (Lipinski definition) is 2. The van der Waals surface area contributed by atoms with Crippen molar-refractivity contribution in [3.8, 4) is 0 Å². The third-order valence-electron chi connectivity index (χ3n) is 7.13. The summed E-state index contributed by atoms with van der Waals surface area (Å²) in [4.78, 5) is 35.8. The van der Waals surface area contributed by atoms with Crippen LogP contribution in [0, 0.1) is 0 Å². The molecule has 1 aromatic heterocycles. The summed E-state index contributed by atoms with van der Waals surface area (Å²) in [5, 5.41) is 7.06. The minimum Gasteiger partial charge on any atom is -0.342 e. The smallest absolute Gasteiger partial charge is 0.245 e. The van der Waals surface area contributed by atoms with Gasteiger partial charge < -0.3 is 15.5 Å². The third kappa shape index (κ3) is 6.36. The SMILES string of the molecule is O=C(NC(Cc1ccc(Cl)cc1)C(=O)N1CCN(Cc2ccccn2)CC1)C1NCCc2ccccc21. The quantitative estimate of drug-likeness (QED) is 0.504. The van der Waals surface area contributed by atoms with Gasteiger partial charge in [0.05, 0.1) is 5.69 Å². The Labute approximate surface area is 222 Å². The van der Waals surface area contributed by atoms with Gasteiger partial charge in [-0.25, -0.2) is 0 Å². The number of rotatable bonds is 7. The van der Waals surface area contributed by atoms with Crippen molar-refractivity contribution in [1.29, 1.82) is 0 Å². The van der Waals surface area contributed by atoms with Gasteiger partial charge in [0.15, 0.2) is 0 Å². The molecule has 1 fully saturated rings. The predicted octanol–water partition coefficient (Wildman–Crippen LogP) is 2.99. The second-order valence-electron chi connectivity index (χ2n) is 9.65. The van der Waals surface area contributed by atoms with Gasteiger partial charge in [0.1, 0.15) is 12.1 Å². The summed E-state index contributed by atoms with van der Waals surface area (Å²) in [6, 6.07) is 20.3. The Kier molecular flexibility index (Phi) is 8.14. The van der Waals surface area contributed by atoms with Gasteiger partial charge in [0.25, 0.3) is 0 Å². The lowest BCUT2D eigenvalue weighted by Gasteiger charge is -2.37. The molecule has 5 rings (SSSR count). The molecular formula is C29H32ClN5O2. The minimum atomic E-state index is -0.660. The molecule has 2 atom stereocenters. The monoisotopic (exact) mass is 517 g/mol. The first-order valence-corrected chi connectivity index (χ1v) is 13.2. The summed E-state index contributed by atoms with van der Waals surface area (Å²) < 4.78 is 0. The molecule has 2 aliphatic rings. The summed E-state index contributed by atoms with van der Waals surface area (Å²) in [6.45, 7) is 4.25. The standard InChI is InChI=1S/C29H32ClN5O2/c30-23-10-8-21(9-11-23)19-26(33-28(36)27-25-7-2-1-5-22(25)12-14-32-27)29(37)35-17-15-34(16-18-35)20-24-6-3-4-13-31-24/h1-11,13,26-27,32H,12,14-20H2,(H,33,36). The van der Waals surface area contributed by atoms with Crippen LogP contribution >= 0.6 is 11.6 Å². The molecule has 3 heterocycles. The summed E-state index contributed by atoms with van der Waals surface area (Å²) in [5.74, 6) is -0.224. The van der Waals surface area contributed by atoms with E-state index in [0.29, 0.717) is 24.5 Å². The Morgan fingerprint density at radius 2 is 1.76 bits per heavy atom. The van der Waals surface area contributed by atoms with E-state index in [2.05, 4.69) is 26.6 Å². The maximum Gasteiger partial charge on any atom is 0.245 e. The van der Waals surface area contributed by atoms with E-state index >= 15 is 0 Å². The van der Waals surface area contributed by atoms with E-state index in [-0.39, 0.29) is 11.8 Å². The Hall–Kier alpha value is -3.26. The largest absolute Gasteiger partial charge is 0.342 e. The molecule has 1 saturated heterocycles. The van der Waals surface area contributed by atoms with E-state index in [4.69, 9.17) is 11.6 Å². The number of fused-ring (bicyclic) bond motifs is 1. The van der Waals surface area contributed by atoms with Crippen LogP contribution in [0.15, 0.2) is 72.9 Å². The number of amides is 2. The first kappa shape index (κ1) is 25.4. The van der Waals surface area contributed by atoms with Gasteiger partial charge in [-0.1, -0.05) is 54.1 Å². The van der Waals surface area contributed by atoms with Gasteiger partial charge in [0.2, 0.25) is 11.8 Å². The van der Waals surface area contributed by atoms with Gasteiger partial charge in [-0.15, -0.1) is 0 Å². The first-order valence-electron chi connectivity index (χ1n) is 12.8. The lowest BCUT2D eigenvalue weighted by molar-refractivity contribution is -0.138. The molecule has 192 valence electrons. The van der Waals surface area contributed by atoms with E-state index in [9.17, 15) is 9.59 Å². The average Bonchev–Trinajstić information content (AvgIpc) is 2.94. The normalized spacial score (nSPS) is 18.6. The molecule has 2 aromatic carbocycles.